The van der Waals surface area contributed by atoms with Gasteiger partial charge in [-0.15, -0.1) is 0 Å². The SMILES string of the molecule is COc1ccc(C)cc1C(O)c1ccc2c(c1)CCCO2. The Labute approximate surface area is 125 Å². The van der Waals surface area contributed by atoms with Gasteiger partial charge in [0, 0.05) is 5.56 Å². The van der Waals surface area contributed by atoms with Crippen molar-refractivity contribution in [1.82, 2.24) is 0 Å². The van der Waals surface area contributed by atoms with Crippen molar-refractivity contribution in [2.45, 2.75) is 25.9 Å². The highest BCUT2D eigenvalue weighted by atomic mass is 16.5. The van der Waals surface area contributed by atoms with Crippen LogP contribution in [0.4, 0.5) is 0 Å². The largest absolute Gasteiger partial charge is 0.496 e. The molecule has 1 aliphatic rings. The van der Waals surface area contributed by atoms with Crippen LogP contribution in [0.2, 0.25) is 0 Å². The minimum Gasteiger partial charge on any atom is -0.496 e. The van der Waals surface area contributed by atoms with Crippen LogP contribution in [0.25, 0.3) is 0 Å². The number of aliphatic hydroxyl groups is 1. The van der Waals surface area contributed by atoms with Crippen LogP contribution >= 0.6 is 0 Å². The van der Waals surface area contributed by atoms with Gasteiger partial charge in [0.05, 0.1) is 13.7 Å². The summed E-state index contributed by atoms with van der Waals surface area (Å²) >= 11 is 0. The zero-order valence-corrected chi connectivity index (χ0v) is 12.4. The summed E-state index contributed by atoms with van der Waals surface area (Å²) < 4.78 is 11.0. The zero-order chi connectivity index (χ0) is 14.8. The smallest absolute Gasteiger partial charge is 0.125 e. The Morgan fingerprint density at radius 1 is 1.19 bits per heavy atom. The number of aryl methyl sites for hydroxylation is 2. The number of fused-ring (bicyclic) bond motifs is 1. The molecule has 1 atom stereocenters. The van der Waals surface area contributed by atoms with Crippen LogP contribution in [0.5, 0.6) is 11.5 Å². The summed E-state index contributed by atoms with van der Waals surface area (Å²) in [5.74, 6) is 1.65. The predicted molar refractivity (Wildman–Crippen MR) is 82.1 cm³/mol. The van der Waals surface area contributed by atoms with Gasteiger partial charge in [-0.3, -0.25) is 0 Å². The van der Waals surface area contributed by atoms with Gasteiger partial charge in [-0.2, -0.15) is 0 Å². The summed E-state index contributed by atoms with van der Waals surface area (Å²) in [6, 6.07) is 11.8. The minimum absolute atomic E-state index is 0.688. The topological polar surface area (TPSA) is 38.7 Å². The second kappa shape index (κ2) is 5.78. The Morgan fingerprint density at radius 3 is 2.86 bits per heavy atom. The number of hydrogen-bond donors (Lipinski definition) is 1. The third kappa shape index (κ3) is 2.74. The highest BCUT2D eigenvalue weighted by molar-refractivity contribution is 5.46. The van der Waals surface area contributed by atoms with Gasteiger partial charge in [0.25, 0.3) is 0 Å². The first-order valence-electron chi connectivity index (χ1n) is 7.27. The van der Waals surface area contributed by atoms with E-state index in [9.17, 15) is 5.11 Å². The monoisotopic (exact) mass is 284 g/mol. The molecule has 0 spiro atoms. The molecule has 110 valence electrons. The van der Waals surface area contributed by atoms with Crippen LogP contribution in [0, 0.1) is 6.92 Å². The van der Waals surface area contributed by atoms with Gasteiger partial charge in [-0.25, -0.2) is 0 Å². The quantitative estimate of drug-likeness (QED) is 0.938. The number of benzene rings is 2. The lowest BCUT2D eigenvalue weighted by Gasteiger charge is -2.20. The maximum absolute atomic E-state index is 10.7. The standard InChI is InChI=1S/C18H20O3/c1-12-5-7-17(20-2)15(10-12)18(19)14-6-8-16-13(11-14)4-3-9-21-16/h5-8,10-11,18-19H,3-4,9H2,1-2H3. The second-order valence-electron chi connectivity index (χ2n) is 5.47. The molecule has 2 aromatic carbocycles. The number of methoxy groups -OCH3 is 1. The van der Waals surface area contributed by atoms with Crippen molar-refractivity contribution in [2.75, 3.05) is 13.7 Å². The van der Waals surface area contributed by atoms with Crippen molar-refractivity contribution in [3.8, 4) is 11.5 Å². The molecule has 1 aliphatic heterocycles. The van der Waals surface area contributed by atoms with Gasteiger partial charge in [-0.05, 0) is 55.2 Å². The van der Waals surface area contributed by atoms with Gasteiger partial charge in [-0.1, -0.05) is 17.7 Å². The van der Waals surface area contributed by atoms with Gasteiger partial charge in [0.15, 0.2) is 0 Å². The van der Waals surface area contributed by atoms with Crippen molar-refractivity contribution in [1.29, 1.82) is 0 Å². The first kappa shape index (κ1) is 14.0. The molecule has 3 rings (SSSR count). The van der Waals surface area contributed by atoms with E-state index in [1.54, 1.807) is 7.11 Å². The van der Waals surface area contributed by atoms with Crippen LogP contribution in [0.3, 0.4) is 0 Å². The molecule has 0 fully saturated rings. The van der Waals surface area contributed by atoms with E-state index in [4.69, 9.17) is 9.47 Å². The molecule has 1 unspecified atom stereocenters. The number of ether oxygens (including phenoxy) is 2. The molecule has 3 heteroatoms. The lowest BCUT2D eigenvalue weighted by molar-refractivity contribution is 0.214. The highest BCUT2D eigenvalue weighted by Gasteiger charge is 2.18. The average Bonchev–Trinajstić information content (AvgIpc) is 2.53. The average molecular weight is 284 g/mol. The van der Waals surface area contributed by atoms with Gasteiger partial charge in [0.1, 0.15) is 17.6 Å². The Morgan fingerprint density at radius 2 is 2.05 bits per heavy atom. The number of hydrogen-bond acceptors (Lipinski definition) is 3. The number of rotatable bonds is 3. The summed E-state index contributed by atoms with van der Waals surface area (Å²) in [7, 11) is 1.63. The molecule has 2 aromatic rings. The van der Waals surface area contributed by atoms with Gasteiger partial charge in [0.2, 0.25) is 0 Å². The van der Waals surface area contributed by atoms with Crippen molar-refractivity contribution in [2.24, 2.45) is 0 Å². The molecule has 0 aromatic heterocycles. The fraction of sp³-hybridized carbons (Fsp3) is 0.333. The van der Waals surface area contributed by atoms with Gasteiger partial charge >= 0.3 is 0 Å². The molecule has 0 bridgehead atoms. The Kier molecular flexibility index (Phi) is 3.84. The fourth-order valence-corrected chi connectivity index (χ4v) is 2.80. The van der Waals surface area contributed by atoms with Crippen molar-refractivity contribution >= 4 is 0 Å². The molecule has 0 radical (unpaired) electrons. The molecule has 21 heavy (non-hydrogen) atoms. The third-order valence-corrected chi connectivity index (χ3v) is 3.93. The molecule has 3 nitrogen and oxygen atoms in total. The molecule has 0 saturated carbocycles. The van der Waals surface area contributed by atoms with E-state index < -0.39 is 6.10 Å². The molecular weight excluding hydrogens is 264 g/mol. The molecule has 1 heterocycles. The lowest BCUT2D eigenvalue weighted by atomic mass is 9.95. The van der Waals surface area contributed by atoms with Crippen LogP contribution in [0.1, 0.15) is 34.8 Å². The van der Waals surface area contributed by atoms with Crippen LogP contribution in [-0.4, -0.2) is 18.8 Å². The maximum atomic E-state index is 10.7. The van der Waals surface area contributed by atoms with Crippen LogP contribution < -0.4 is 9.47 Å². The molecule has 0 saturated heterocycles. The lowest BCUT2D eigenvalue weighted by Crippen LogP contribution is -2.10. The highest BCUT2D eigenvalue weighted by Crippen LogP contribution is 2.34. The van der Waals surface area contributed by atoms with E-state index in [1.165, 1.54) is 5.56 Å². The molecule has 1 N–H and O–H groups in total. The fourth-order valence-electron chi connectivity index (χ4n) is 2.80. The van der Waals surface area contributed by atoms with Crippen molar-refractivity contribution < 1.29 is 14.6 Å². The second-order valence-corrected chi connectivity index (χ2v) is 5.47. The van der Waals surface area contributed by atoms with Gasteiger partial charge < -0.3 is 14.6 Å². The summed E-state index contributed by atoms with van der Waals surface area (Å²) in [4.78, 5) is 0. The van der Waals surface area contributed by atoms with E-state index in [0.717, 1.165) is 41.9 Å². The van der Waals surface area contributed by atoms with E-state index >= 15 is 0 Å². The van der Waals surface area contributed by atoms with E-state index in [1.807, 2.05) is 43.3 Å². The minimum atomic E-state index is -0.688. The Bertz CT molecular complexity index is 649. The van der Waals surface area contributed by atoms with E-state index in [-0.39, 0.29) is 0 Å². The van der Waals surface area contributed by atoms with Crippen molar-refractivity contribution in [3.05, 3.63) is 58.7 Å². The first-order chi connectivity index (χ1) is 10.2. The molecular formula is C18H20O3. The van der Waals surface area contributed by atoms with Crippen LogP contribution in [0.15, 0.2) is 36.4 Å². The maximum Gasteiger partial charge on any atom is 0.125 e. The third-order valence-electron chi connectivity index (χ3n) is 3.93. The molecule has 0 amide bonds. The number of aliphatic hydroxyl groups excluding tert-OH is 1. The predicted octanol–water partition coefficient (Wildman–Crippen LogP) is 3.41. The Balaban J connectivity index is 1.98. The van der Waals surface area contributed by atoms with E-state index in [0.29, 0.717) is 5.75 Å². The normalized spacial score (nSPS) is 15.0. The summed E-state index contributed by atoms with van der Waals surface area (Å²) in [5.41, 5.74) is 3.95. The summed E-state index contributed by atoms with van der Waals surface area (Å²) in [6.45, 7) is 2.79. The van der Waals surface area contributed by atoms with Crippen LogP contribution in [-0.2, 0) is 6.42 Å². The van der Waals surface area contributed by atoms with Crippen molar-refractivity contribution in [3.63, 3.8) is 0 Å². The molecule has 0 aliphatic carbocycles. The summed E-state index contributed by atoms with van der Waals surface area (Å²) in [5, 5.41) is 10.7. The zero-order valence-electron chi connectivity index (χ0n) is 12.4. The summed E-state index contributed by atoms with van der Waals surface area (Å²) in [6.07, 6.45) is 1.34. The van der Waals surface area contributed by atoms with E-state index in [2.05, 4.69) is 0 Å². The first-order valence-corrected chi connectivity index (χ1v) is 7.27. The Hall–Kier alpha value is -2.00.